The largest absolute Gasteiger partial charge is 0.469 e. The Morgan fingerprint density at radius 1 is 1.50 bits per heavy atom. The zero-order valence-corrected chi connectivity index (χ0v) is 9.02. The highest BCUT2D eigenvalue weighted by Gasteiger charge is 2.43. The zero-order valence-electron chi connectivity index (χ0n) is 9.02. The summed E-state index contributed by atoms with van der Waals surface area (Å²) >= 11 is 0. The van der Waals surface area contributed by atoms with Gasteiger partial charge in [-0.2, -0.15) is 0 Å². The van der Waals surface area contributed by atoms with E-state index in [1.54, 1.807) is 0 Å². The fourth-order valence-corrected chi connectivity index (χ4v) is 1.51. The van der Waals surface area contributed by atoms with Crippen LogP contribution in [0, 0.1) is 11.3 Å². The van der Waals surface area contributed by atoms with Gasteiger partial charge in [0.15, 0.2) is 5.60 Å². The van der Waals surface area contributed by atoms with Crippen molar-refractivity contribution in [2.75, 3.05) is 14.2 Å². The lowest BCUT2D eigenvalue weighted by Crippen LogP contribution is -2.45. The lowest BCUT2D eigenvalue weighted by Gasteiger charge is -2.29. The molecule has 16 heavy (non-hydrogen) atoms. The molecule has 88 valence electrons. The molecule has 1 aliphatic rings. The molecule has 0 amide bonds. The number of rotatable bonds is 2. The summed E-state index contributed by atoms with van der Waals surface area (Å²) in [6.07, 6.45) is 2.13. The van der Waals surface area contributed by atoms with Crippen molar-refractivity contribution in [2.24, 2.45) is 5.92 Å². The predicted octanol–water partition coefficient (Wildman–Crippen LogP) is -0.341. The lowest BCUT2D eigenvalue weighted by molar-refractivity contribution is -0.160. The Balaban J connectivity index is 2.97. The summed E-state index contributed by atoms with van der Waals surface area (Å²) in [5.74, 6) is -2.46. The fourth-order valence-electron chi connectivity index (χ4n) is 1.51. The molecule has 0 heterocycles. The molecule has 0 spiro atoms. The molecule has 0 saturated heterocycles. The number of ether oxygens (including phenoxy) is 2. The Labute approximate surface area is 92.4 Å². The number of hydrogen-bond donors (Lipinski definition) is 2. The maximum Gasteiger partial charge on any atom is 0.341 e. The van der Waals surface area contributed by atoms with Crippen LogP contribution in [-0.4, -0.2) is 42.6 Å². The normalized spacial score (nSPS) is 28.7. The van der Waals surface area contributed by atoms with E-state index in [2.05, 4.69) is 9.47 Å². The zero-order chi connectivity index (χ0) is 12.3. The Morgan fingerprint density at radius 3 is 2.62 bits per heavy atom. The van der Waals surface area contributed by atoms with Gasteiger partial charge in [0.05, 0.1) is 14.2 Å². The van der Waals surface area contributed by atoms with Gasteiger partial charge in [-0.3, -0.25) is 4.79 Å². The first-order chi connectivity index (χ1) is 7.44. The van der Waals surface area contributed by atoms with Gasteiger partial charge in [0.25, 0.3) is 0 Å². The third-order valence-corrected chi connectivity index (χ3v) is 2.45. The summed E-state index contributed by atoms with van der Waals surface area (Å²) in [4.78, 5) is 22.6. The second kappa shape index (κ2) is 4.44. The number of allylic oxidation sites excluding steroid dienone is 1. The lowest BCUT2D eigenvalue weighted by atomic mass is 9.82. The molecule has 0 aromatic carbocycles. The Kier molecular flexibility index (Phi) is 3.44. The molecule has 2 atom stereocenters. The molecule has 1 rings (SSSR count). The number of esters is 2. The third kappa shape index (κ3) is 2.11. The van der Waals surface area contributed by atoms with Gasteiger partial charge in [0, 0.05) is 12.1 Å². The molecule has 0 radical (unpaired) electrons. The Morgan fingerprint density at radius 2 is 2.12 bits per heavy atom. The molecule has 0 bridgehead atoms. The summed E-state index contributed by atoms with van der Waals surface area (Å²) in [5, 5.41) is 17.4. The van der Waals surface area contributed by atoms with Gasteiger partial charge in [-0.15, -0.1) is 0 Å². The van der Waals surface area contributed by atoms with Gasteiger partial charge in [-0.25, -0.2) is 4.79 Å². The van der Waals surface area contributed by atoms with E-state index in [0.29, 0.717) is 0 Å². The van der Waals surface area contributed by atoms with Crippen LogP contribution in [0.15, 0.2) is 12.2 Å². The summed E-state index contributed by atoms with van der Waals surface area (Å²) in [6.45, 7) is 0. The van der Waals surface area contributed by atoms with Crippen molar-refractivity contribution in [3.63, 3.8) is 0 Å². The molecule has 0 aromatic heterocycles. The van der Waals surface area contributed by atoms with Crippen molar-refractivity contribution < 1.29 is 24.2 Å². The molecule has 6 heteroatoms. The summed E-state index contributed by atoms with van der Waals surface area (Å²) in [6, 6.07) is 0. The van der Waals surface area contributed by atoms with Gasteiger partial charge in [0.1, 0.15) is 5.92 Å². The van der Waals surface area contributed by atoms with Gasteiger partial charge in [0.2, 0.25) is 0 Å². The minimum Gasteiger partial charge on any atom is -0.469 e. The van der Waals surface area contributed by atoms with Crippen LogP contribution in [-0.2, 0) is 19.1 Å². The van der Waals surface area contributed by atoms with Gasteiger partial charge >= 0.3 is 11.9 Å². The first-order valence-electron chi connectivity index (χ1n) is 4.61. The first-order valence-corrected chi connectivity index (χ1v) is 4.61. The van der Waals surface area contributed by atoms with Crippen LogP contribution in [0.25, 0.3) is 0 Å². The minimum atomic E-state index is -1.86. The molecule has 2 N–H and O–H groups in total. The monoisotopic (exact) mass is 227 g/mol. The van der Waals surface area contributed by atoms with E-state index >= 15 is 0 Å². The SMILES string of the molecule is COC(=O)C1CC(O)(C(=O)OC)C=CC1=N. The topological polar surface area (TPSA) is 96.7 Å². The van der Waals surface area contributed by atoms with E-state index in [1.807, 2.05) is 0 Å². The molecule has 1 aliphatic carbocycles. The summed E-state index contributed by atoms with van der Waals surface area (Å²) < 4.78 is 8.92. The molecule has 0 saturated carbocycles. The minimum absolute atomic E-state index is 0.000396. The van der Waals surface area contributed by atoms with Crippen LogP contribution < -0.4 is 0 Å². The average Bonchev–Trinajstić information content (AvgIpc) is 2.30. The molecule has 0 aromatic rings. The molecule has 0 fully saturated rings. The highest BCUT2D eigenvalue weighted by molar-refractivity contribution is 6.08. The second-order valence-electron chi connectivity index (χ2n) is 3.48. The smallest absolute Gasteiger partial charge is 0.341 e. The predicted molar refractivity (Wildman–Crippen MR) is 54.0 cm³/mol. The molecular weight excluding hydrogens is 214 g/mol. The van der Waals surface area contributed by atoms with Crippen molar-refractivity contribution >= 4 is 17.7 Å². The summed E-state index contributed by atoms with van der Waals surface area (Å²) in [7, 11) is 2.33. The number of carbonyl (C=O) groups excluding carboxylic acids is 2. The Bertz CT molecular complexity index is 362. The highest BCUT2D eigenvalue weighted by Crippen LogP contribution is 2.27. The molecule has 6 nitrogen and oxygen atoms in total. The highest BCUT2D eigenvalue weighted by atomic mass is 16.5. The van der Waals surface area contributed by atoms with E-state index in [9.17, 15) is 14.7 Å². The number of methoxy groups -OCH3 is 2. The number of carbonyl (C=O) groups is 2. The summed E-state index contributed by atoms with van der Waals surface area (Å²) in [5.41, 5.74) is -1.86. The maximum absolute atomic E-state index is 11.3. The molecule has 0 aliphatic heterocycles. The van der Waals surface area contributed by atoms with Crippen molar-refractivity contribution in [1.82, 2.24) is 0 Å². The van der Waals surface area contributed by atoms with Gasteiger partial charge < -0.3 is 20.0 Å². The van der Waals surface area contributed by atoms with Crippen LogP contribution in [0.2, 0.25) is 0 Å². The number of aliphatic hydroxyl groups is 1. The number of nitrogens with one attached hydrogen (secondary N) is 1. The quantitative estimate of drug-likeness (QED) is 0.629. The van der Waals surface area contributed by atoms with E-state index in [-0.39, 0.29) is 12.1 Å². The van der Waals surface area contributed by atoms with Crippen LogP contribution >= 0.6 is 0 Å². The molecular formula is C10H13NO5. The van der Waals surface area contributed by atoms with E-state index < -0.39 is 23.5 Å². The van der Waals surface area contributed by atoms with Crippen LogP contribution in [0.3, 0.4) is 0 Å². The van der Waals surface area contributed by atoms with Crippen LogP contribution in [0.4, 0.5) is 0 Å². The third-order valence-electron chi connectivity index (χ3n) is 2.45. The van der Waals surface area contributed by atoms with Crippen molar-refractivity contribution in [3.8, 4) is 0 Å². The molecule has 2 unspecified atom stereocenters. The van der Waals surface area contributed by atoms with Gasteiger partial charge in [-0.1, -0.05) is 0 Å². The van der Waals surface area contributed by atoms with E-state index in [0.717, 1.165) is 13.2 Å². The standard InChI is InChI=1S/C10H13NO5/c1-15-8(12)6-5-10(14,9(13)16-2)4-3-7(6)11/h3-4,6,11,14H,5H2,1-2H3. The van der Waals surface area contributed by atoms with E-state index in [1.165, 1.54) is 13.2 Å². The first kappa shape index (κ1) is 12.4. The average molecular weight is 227 g/mol. The maximum atomic E-state index is 11.3. The van der Waals surface area contributed by atoms with Crippen molar-refractivity contribution in [1.29, 1.82) is 5.41 Å². The van der Waals surface area contributed by atoms with Crippen molar-refractivity contribution in [2.45, 2.75) is 12.0 Å². The second-order valence-corrected chi connectivity index (χ2v) is 3.48. The van der Waals surface area contributed by atoms with Crippen LogP contribution in [0.5, 0.6) is 0 Å². The van der Waals surface area contributed by atoms with Gasteiger partial charge in [-0.05, 0) is 12.2 Å². The van der Waals surface area contributed by atoms with Crippen molar-refractivity contribution in [3.05, 3.63) is 12.2 Å². The number of hydrogen-bond acceptors (Lipinski definition) is 6. The van der Waals surface area contributed by atoms with E-state index in [4.69, 9.17) is 5.41 Å². The van der Waals surface area contributed by atoms with Crippen LogP contribution in [0.1, 0.15) is 6.42 Å². The fraction of sp³-hybridized carbons (Fsp3) is 0.500. The Hall–Kier alpha value is -1.69.